The topological polar surface area (TPSA) is 17.8 Å². The third-order valence-electron chi connectivity index (χ3n) is 0.873. The summed E-state index contributed by atoms with van der Waals surface area (Å²) in [6.45, 7) is 2.85. The summed E-state index contributed by atoms with van der Waals surface area (Å²) in [6.07, 6.45) is 1.72. The zero-order valence-corrected chi connectivity index (χ0v) is 5.31. The van der Waals surface area contributed by atoms with E-state index in [2.05, 4.69) is 11.2 Å². The number of aromatic nitrogens is 2. The maximum atomic E-state index is 5.45. The van der Waals surface area contributed by atoms with Gasteiger partial charge in [0.1, 0.15) is 0 Å². The van der Waals surface area contributed by atoms with Crippen LogP contribution in [0.5, 0.6) is 0 Å². The van der Waals surface area contributed by atoms with Crippen molar-refractivity contribution in [3.8, 4) is 0 Å². The summed E-state index contributed by atoms with van der Waals surface area (Å²) in [5, 5.41) is 4.29. The normalized spacial score (nSPS) is 9.75. The van der Waals surface area contributed by atoms with Gasteiger partial charge in [0.05, 0.1) is 0 Å². The Morgan fingerprint density at radius 1 is 2.00 bits per heavy atom. The van der Waals surface area contributed by atoms with Crippen LogP contribution in [0.4, 0.5) is 0 Å². The lowest BCUT2D eigenvalue weighted by Crippen LogP contribution is -1.92. The minimum atomic E-state index is 0.437. The molecule has 0 spiro atoms. The average molecular weight is 130 g/mol. The van der Waals surface area contributed by atoms with Crippen LogP contribution in [0, 0.1) is 6.07 Å². The van der Waals surface area contributed by atoms with Crippen molar-refractivity contribution < 1.29 is 0 Å². The van der Waals surface area contributed by atoms with E-state index in [0.717, 1.165) is 6.54 Å². The van der Waals surface area contributed by atoms with Crippen LogP contribution in [0.15, 0.2) is 6.20 Å². The van der Waals surface area contributed by atoms with E-state index in [0.29, 0.717) is 5.15 Å². The maximum absolute atomic E-state index is 5.45. The van der Waals surface area contributed by atoms with Crippen LogP contribution in [0.2, 0.25) is 5.15 Å². The van der Waals surface area contributed by atoms with Crippen LogP contribution in [-0.2, 0) is 6.54 Å². The van der Waals surface area contributed by atoms with E-state index in [4.69, 9.17) is 11.6 Å². The molecule has 0 unspecified atom stereocenters. The van der Waals surface area contributed by atoms with Crippen molar-refractivity contribution in [1.82, 2.24) is 9.78 Å². The molecular formula is C5H6ClN2. The van der Waals surface area contributed by atoms with Crippen LogP contribution in [0.3, 0.4) is 0 Å². The van der Waals surface area contributed by atoms with Crippen molar-refractivity contribution in [3.05, 3.63) is 17.4 Å². The standard InChI is InChI=1S/C5H6ClN2/c1-2-8-4-3-5(6)7-8/h4H,2H2,1H3. The predicted octanol–water partition coefficient (Wildman–Crippen LogP) is 1.36. The Kier molecular flexibility index (Phi) is 1.53. The summed E-state index contributed by atoms with van der Waals surface area (Å²) in [7, 11) is 0. The van der Waals surface area contributed by atoms with E-state index < -0.39 is 0 Å². The van der Waals surface area contributed by atoms with Gasteiger partial charge in [0, 0.05) is 18.8 Å². The molecule has 0 amide bonds. The highest BCUT2D eigenvalue weighted by Crippen LogP contribution is 1.99. The minimum absolute atomic E-state index is 0.437. The van der Waals surface area contributed by atoms with Crippen LogP contribution >= 0.6 is 11.6 Å². The first-order chi connectivity index (χ1) is 3.83. The Bertz CT molecular complexity index is 171. The summed E-state index contributed by atoms with van der Waals surface area (Å²) >= 11 is 5.45. The van der Waals surface area contributed by atoms with E-state index in [1.165, 1.54) is 0 Å². The highest BCUT2D eigenvalue weighted by molar-refractivity contribution is 6.29. The Morgan fingerprint density at radius 3 is 3.00 bits per heavy atom. The summed E-state index contributed by atoms with van der Waals surface area (Å²) in [5.74, 6) is 0. The van der Waals surface area contributed by atoms with E-state index in [1.807, 2.05) is 6.92 Å². The number of hydrogen-bond donors (Lipinski definition) is 0. The molecule has 0 aromatic carbocycles. The number of aryl methyl sites for hydroxylation is 1. The van der Waals surface area contributed by atoms with E-state index >= 15 is 0 Å². The van der Waals surface area contributed by atoms with Gasteiger partial charge in [-0.05, 0) is 6.92 Å². The molecule has 0 saturated carbocycles. The van der Waals surface area contributed by atoms with Crippen molar-refractivity contribution in [1.29, 1.82) is 0 Å². The molecule has 1 aromatic rings. The molecule has 0 saturated heterocycles. The van der Waals surface area contributed by atoms with E-state index in [1.54, 1.807) is 10.9 Å². The molecule has 0 bridgehead atoms. The lowest BCUT2D eigenvalue weighted by molar-refractivity contribution is 0.660. The fourth-order valence-corrected chi connectivity index (χ4v) is 0.606. The second kappa shape index (κ2) is 2.18. The SMILES string of the molecule is CCn1c[c]c(Cl)n1. The predicted molar refractivity (Wildman–Crippen MR) is 31.7 cm³/mol. The molecule has 1 rings (SSSR count). The summed E-state index contributed by atoms with van der Waals surface area (Å²) in [6, 6.07) is 2.74. The molecule has 0 atom stereocenters. The minimum Gasteiger partial charge on any atom is -0.271 e. The molecule has 0 aliphatic carbocycles. The van der Waals surface area contributed by atoms with Gasteiger partial charge in [-0.1, -0.05) is 11.6 Å². The van der Waals surface area contributed by atoms with Crippen molar-refractivity contribution in [3.63, 3.8) is 0 Å². The average Bonchev–Trinajstić information content (AvgIpc) is 2.14. The van der Waals surface area contributed by atoms with Crippen LogP contribution in [-0.4, -0.2) is 9.78 Å². The van der Waals surface area contributed by atoms with Crippen LogP contribution in [0.1, 0.15) is 6.92 Å². The summed E-state index contributed by atoms with van der Waals surface area (Å²) in [4.78, 5) is 0. The van der Waals surface area contributed by atoms with Gasteiger partial charge < -0.3 is 0 Å². The molecule has 1 radical (unpaired) electrons. The highest BCUT2D eigenvalue weighted by atomic mass is 35.5. The van der Waals surface area contributed by atoms with Gasteiger partial charge in [0.25, 0.3) is 0 Å². The van der Waals surface area contributed by atoms with Crippen molar-refractivity contribution in [2.24, 2.45) is 0 Å². The molecule has 0 aliphatic rings. The zero-order valence-electron chi connectivity index (χ0n) is 4.56. The molecule has 1 heterocycles. The Balaban J connectivity index is 2.84. The van der Waals surface area contributed by atoms with Gasteiger partial charge in [-0.2, -0.15) is 5.10 Å². The lowest BCUT2D eigenvalue weighted by Gasteiger charge is -1.88. The molecule has 0 aliphatic heterocycles. The van der Waals surface area contributed by atoms with Gasteiger partial charge in [-0.25, -0.2) is 0 Å². The smallest absolute Gasteiger partial charge is 0.159 e. The largest absolute Gasteiger partial charge is 0.271 e. The first-order valence-electron chi connectivity index (χ1n) is 2.43. The molecule has 1 aromatic heterocycles. The van der Waals surface area contributed by atoms with Gasteiger partial charge in [-0.3, -0.25) is 4.68 Å². The zero-order chi connectivity index (χ0) is 5.98. The molecule has 0 fully saturated rings. The third-order valence-corrected chi connectivity index (χ3v) is 1.06. The van der Waals surface area contributed by atoms with Crippen molar-refractivity contribution >= 4 is 11.6 Å². The maximum Gasteiger partial charge on any atom is 0.159 e. The van der Waals surface area contributed by atoms with Gasteiger partial charge in [-0.15, -0.1) is 0 Å². The van der Waals surface area contributed by atoms with E-state index in [-0.39, 0.29) is 0 Å². The monoisotopic (exact) mass is 129 g/mol. The van der Waals surface area contributed by atoms with Crippen LogP contribution in [0.25, 0.3) is 0 Å². The first-order valence-corrected chi connectivity index (χ1v) is 2.81. The molecule has 43 valence electrons. The van der Waals surface area contributed by atoms with Crippen LogP contribution < -0.4 is 0 Å². The second-order valence-electron chi connectivity index (χ2n) is 1.42. The third kappa shape index (κ3) is 1.01. The molecule has 0 N–H and O–H groups in total. The summed E-state index contributed by atoms with van der Waals surface area (Å²) < 4.78 is 1.72. The van der Waals surface area contributed by atoms with Crippen molar-refractivity contribution in [2.45, 2.75) is 13.5 Å². The molecular weight excluding hydrogens is 124 g/mol. The molecule has 3 heteroatoms. The Labute approximate surface area is 53.1 Å². The van der Waals surface area contributed by atoms with E-state index in [9.17, 15) is 0 Å². The number of nitrogens with zero attached hydrogens (tertiary/aromatic N) is 2. The fourth-order valence-electron chi connectivity index (χ4n) is 0.460. The molecule has 8 heavy (non-hydrogen) atoms. The number of rotatable bonds is 1. The second-order valence-corrected chi connectivity index (χ2v) is 1.78. The number of halogens is 1. The summed E-state index contributed by atoms with van der Waals surface area (Å²) in [5.41, 5.74) is 0. The lowest BCUT2D eigenvalue weighted by atomic mass is 10.7. The highest BCUT2D eigenvalue weighted by Gasteiger charge is 1.89. The van der Waals surface area contributed by atoms with Gasteiger partial charge in [0.15, 0.2) is 5.15 Å². The van der Waals surface area contributed by atoms with Crippen molar-refractivity contribution in [2.75, 3.05) is 0 Å². The molecule has 2 nitrogen and oxygen atoms in total. The quantitative estimate of drug-likeness (QED) is 0.560. The fraction of sp³-hybridized carbons (Fsp3) is 0.400. The Hall–Kier alpha value is -0.500. The Morgan fingerprint density at radius 2 is 2.75 bits per heavy atom. The van der Waals surface area contributed by atoms with Gasteiger partial charge in [0.2, 0.25) is 0 Å². The first kappa shape index (κ1) is 5.63. The number of hydrogen-bond acceptors (Lipinski definition) is 1. The van der Waals surface area contributed by atoms with Gasteiger partial charge >= 0.3 is 0 Å².